The van der Waals surface area contributed by atoms with Gasteiger partial charge in [-0.15, -0.1) is 0 Å². The summed E-state index contributed by atoms with van der Waals surface area (Å²) in [5, 5.41) is 0. The minimum atomic E-state index is -0.281. The van der Waals surface area contributed by atoms with Crippen molar-refractivity contribution >= 4 is 28.5 Å². The lowest BCUT2D eigenvalue weighted by molar-refractivity contribution is -0.121. The third-order valence-corrected chi connectivity index (χ3v) is 4.08. The van der Waals surface area contributed by atoms with Crippen molar-refractivity contribution in [3.05, 3.63) is 47.5 Å². The number of hydrogen-bond acceptors (Lipinski definition) is 5. The molecule has 5 heteroatoms. The van der Waals surface area contributed by atoms with Gasteiger partial charge in [0.15, 0.2) is 0 Å². The number of nitrogens with two attached hydrogens (primary N) is 4. The van der Waals surface area contributed by atoms with Gasteiger partial charge in [0.1, 0.15) is 5.78 Å². The first-order valence-electron chi connectivity index (χ1n) is 7.14. The Morgan fingerprint density at radius 2 is 1.09 bits per heavy atom. The highest BCUT2D eigenvalue weighted by Gasteiger charge is 2.23. The topological polar surface area (TPSA) is 121 Å². The molecule has 116 valence electrons. The van der Waals surface area contributed by atoms with Crippen LogP contribution in [0.25, 0.3) is 0 Å². The van der Waals surface area contributed by atoms with Crippen molar-refractivity contribution in [1.29, 1.82) is 0 Å². The Morgan fingerprint density at radius 1 is 0.727 bits per heavy atom. The lowest BCUT2D eigenvalue weighted by atomic mass is 9.85. The lowest BCUT2D eigenvalue weighted by Crippen LogP contribution is -2.17. The second-order valence-corrected chi connectivity index (χ2v) is 5.62. The van der Waals surface area contributed by atoms with Crippen molar-refractivity contribution < 1.29 is 4.79 Å². The number of nitrogen functional groups attached to an aromatic ring is 4. The molecule has 0 aliphatic heterocycles. The van der Waals surface area contributed by atoms with Crippen molar-refractivity contribution in [2.75, 3.05) is 22.9 Å². The number of anilines is 4. The van der Waals surface area contributed by atoms with Gasteiger partial charge in [0, 0.05) is 11.8 Å². The summed E-state index contributed by atoms with van der Waals surface area (Å²) in [5.74, 6) is -0.471. The zero-order chi connectivity index (χ0) is 16.4. The second kappa shape index (κ2) is 5.97. The number of carbonyl (C=O) groups is 1. The van der Waals surface area contributed by atoms with Crippen LogP contribution in [-0.2, 0) is 4.79 Å². The van der Waals surface area contributed by atoms with E-state index in [2.05, 4.69) is 0 Å². The smallest absolute Gasteiger partial charge is 0.147 e. The maximum Gasteiger partial charge on any atom is 0.147 e. The summed E-state index contributed by atoms with van der Waals surface area (Å²) >= 11 is 0. The third-order valence-electron chi connectivity index (χ3n) is 4.08. The Balaban J connectivity index is 2.25. The van der Waals surface area contributed by atoms with Gasteiger partial charge in [-0.25, -0.2) is 0 Å². The zero-order valence-electron chi connectivity index (χ0n) is 12.8. The van der Waals surface area contributed by atoms with Gasteiger partial charge in [-0.05, 0) is 35.4 Å². The fraction of sp³-hybridized carbons (Fsp3) is 0.235. The van der Waals surface area contributed by atoms with Crippen LogP contribution in [0.2, 0.25) is 0 Å². The fourth-order valence-electron chi connectivity index (χ4n) is 2.43. The first kappa shape index (κ1) is 15.7. The van der Waals surface area contributed by atoms with Crippen LogP contribution in [0.1, 0.15) is 36.8 Å². The van der Waals surface area contributed by atoms with E-state index in [0.29, 0.717) is 22.7 Å². The van der Waals surface area contributed by atoms with E-state index < -0.39 is 0 Å². The van der Waals surface area contributed by atoms with Crippen molar-refractivity contribution in [2.45, 2.75) is 25.7 Å². The van der Waals surface area contributed by atoms with Gasteiger partial charge in [0.05, 0.1) is 22.7 Å². The van der Waals surface area contributed by atoms with E-state index in [1.165, 1.54) is 0 Å². The maximum atomic E-state index is 12.7. The fourth-order valence-corrected chi connectivity index (χ4v) is 2.43. The molecule has 0 heterocycles. The molecular weight excluding hydrogens is 276 g/mol. The van der Waals surface area contributed by atoms with E-state index in [4.69, 9.17) is 22.9 Å². The zero-order valence-corrected chi connectivity index (χ0v) is 12.8. The van der Waals surface area contributed by atoms with Crippen LogP contribution < -0.4 is 22.9 Å². The SMILES string of the molecule is CC(C(=O)C(C)c1ccc(N)c(N)c1)c1ccc(N)c(N)c1. The third kappa shape index (κ3) is 2.98. The van der Waals surface area contributed by atoms with E-state index >= 15 is 0 Å². The number of carbonyl (C=O) groups excluding carboxylic acids is 1. The van der Waals surface area contributed by atoms with E-state index in [1.807, 2.05) is 26.0 Å². The molecule has 0 aromatic heterocycles. The van der Waals surface area contributed by atoms with Gasteiger partial charge in [0.2, 0.25) is 0 Å². The molecule has 0 amide bonds. The van der Waals surface area contributed by atoms with E-state index in [-0.39, 0.29) is 17.6 Å². The van der Waals surface area contributed by atoms with Gasteiger partial charge in [-0.3, -0.25) is 4.79 Å². The summed E-state index contributed by atoms with van der Waals surface area (Å²) in [7, 11) is 0. The Kier molecular flexibility index (Phi) is 4.26. The van der Waals surface area contributed by atoms with Crippen LogP contribution in [-0.4, -0.2) is 5.78 Å². The molecule has 22 heavy (non-hydrogen) atoms. The van der Waals surface area contributed by atoms with Crippen LogP contribution in [0, 0.1) is 0 Å². The average Bonchev–Trinajstić information content (AvgIpc) is 2.50. The Bertz CT molecular complexity index is 652. The maximum absolute atomic E-state index is 12.7. The number of rotatable bonds is 4. The number of Topliss-reactive ketones (excluding diaryl/α,β-unsaturated/α-hetero) is 1. The quantitative estimate of drug-likeness (QED) is 0.646. The minimum absolute atomic E-state index is 0.0911. The molecule has 8 N–H and O–H groups in total. The van der Waals surface area contributed by atoms with Crippen LogP contribution in [0.15, 0.2) is 36.4 Å². The Labute approximate surface area is 130 Å². The number of hydrogen-bond donors (Lipinski definition) is 4. The average molecular weight is 298 g/mol. The standard InChI is InChI=1S/C17H22N4O/c1-9(11-3-5-13(18)15(20)7-11)17(22)10(2)12-4-6-14(19)16(21)8-12/h3-10H,18-21H2,1-2H3. The van der Waals surface area contributed by atoms with Gasteiger partial charge in [-0.1, -0.05) is 26.0 Å². The predicted octanol–water partition coefficient (Wildman–Crippen LogP) is 2.49. The molecule has 2 unspecified atom stereocenters. The molecule has 2 aromatic carbocycles. The number of ketones is 1. The summed E-state index contributed by atoms with van der Waals surface area (Å²) in [6.07, 6.45) is 0. The summed E-state index contributed by atoms with van der Waals surface area (Å²) in [6.45, 7) is 3.73. The highest BCUT2D eigenvalue weighted by Crippen LogP contribution is 2.30. The molecule has 0 saturated heterocycles. The molecule has 2 rings (SSSR count). The van der Waals surface area contributed by atoms with Gasteiger partial charge < -0.3 is 22.9 Å². The summed E-state index contributed by atoms with van der Waals surface area (Å²) in [5.41, 5.74) is 26.8. The molecule has 0 radical (unpaired) electrons. The molecule has 5 nitrogen and oxygen atoms in total. The van der Waals surface area contributed by atoms with Crippen molar-refractivity contribution in [1.82, 2.24) is 0 Å². The molecule has 2 aromatic rings. The van der Waals surface area contributed by atoms with Crippen molar-refractivity contribution in [2.24, 2.45) is 0 Å². The van der Waals surface area contributed by atoms with Crippen molar-refractivity contribution in [3.8, 4) is 0 Å². The number of benzene rings is 2. The molecule has 0 spiro atoms. The van der Waals surface area contributed by atoms with Gasteiger partial charge in [0.25, 0.3) is 0 Å². The highest BCUT2D eigenvalue weighted by molar-refractivity contribution is 5.92. The largest absolute Gasteiger partial charge is 0.397 e. The molecule has 0 aliphatic rings. The highest BCUT2D eigenvalue weighted by atomic mass is 16.1. The molecule has 0 bridgehead atoms. The normalized spacial score (nSPS) is 13.5. The van der Waals surface area contributed by atoms with Crippen molar-refractivity contribution in [3.63, 3.8) is 0 Å². The minimum Gasteiger partial charge on any atom is -0.397 e. The molecule has 0 fully saturated rings. The first-order chi connectivity index (χ1) is 10.3. The second-order valence-electron chi connectivity index (χ2n) is 5.62. The molecule has 2 atom stereocenters. The Hall–Kier alpha value is -2.69. The molecular formula is C17H22N4O. The summed E-state index contributed by atoms with van der Waals surface area (Å²) < 4.78 is 0. The van der Waals surface area contributed by atoms with E-state index in [9.17, 15) is 4.79 Å². The molecule has 0 aliphatic carbocycles. The van der Waals surface area contributed by atoms with Crippen LogP contribution in [0.5, 0.6) is 0 Å². The summed E-state index contributed by atoms with van der Waals surface area (Å²) in [6, 6.07) is 10.6. The first-order valence-corrected chi connectivity index (χ1v) is 7.14. The van der Waals surface area contributed by atoms with E-state index in [1.54, 1.807) is 24.3 Å². The molecule has 0 saturated carbocycles. The van der Waals surface area contributed by atoms with Crippen LogP contribution in [0.3, 0.4) is 0 Å². The van der Waals surface area contributed by atoms with Crippen LogP contribution >= 0.6 is 0 Å². The van der Waals surface area contributed by atoms with E-state index in [0.717, 1.165) is 11.1 Å². The van der Waals surface area contributed by atoms with Gasteiger partial charge >= 0.3 is 0 Å². The predicted molar refractivity (Wildman–Crippen MR) is 92.4 cm³/mol. The monoisotopic (exact) mass is 298 g/mol. The van der Waals surface area contributed by atoms with Crippen LogP contribution in [0.4, 0.5) is 22.7 Å². The summed E-state index contributed by atoms with van der Waals surface area (Å²) in [4.78, 5) is 12.7. The lowest BCUT2D eigenvalue weighted by Gasteiger charge is -2.18. The van der Waals surface area contributed by atoms with Gasteiger partial charge in [-0.2, -0.15) is 0 Å². The Morgan fingerprint density at radius 3 is 1.41 bits per heavy atom.